The molecule has 0 radical (unpaired) electrons. The number of ether oxygens (including phenoxy) is 2. The zero-order chi connectivity index (χ0) is 22.1. The molecule has 0 amide bonds. The summed E-state index contributed by atoms with van der Waals surface area (Å²) in [4.78, 5) is 23.2. The summed E-state index contributed by atoms with van der Waals surface area (Å²) in [6.45, 7) is 4.35. The van der Waals surface area contributed by atoms with Gasteiger partial charge in [0.1, 0.15) is 0 Å². The number of esters is 2. The molecule has 162 valence electrons. The number of benzene rings is 2. The maximum atomic E-state index is 11.6. The number of carbonyl (C=O) groups is 2. The fourth-order valence-electron chi connectivity index (χ4n) is 3.14. The van der Waals surface area contributed by atoms with Gasteiger partial charge in [-0.15, -0.1) is 10.2 Å². The summed E-state index contributed by atoms with van der Waals surface area (Å²) in [7, 11) is 0. The number of hydrogen-bond acceptors (Lipinski definition) is 7. The summed E-state index contributed by atoms with van der Waals surface area (Å²) in [5.74, 6) is 0.390. The van der Waals surface area contributed by atoms with E-state index in [0.717, 1.165) is 22.3 Å². The zero-order valence-electron chi connectivity index (χ0n) is 17.8. The first-order valence-corrected chi connectivity index (χ1v) is 10.4. The Labute approximate surface area is 181 Å². The van der Waals surface area contributed by atoms with E-state index in [2.05, 4.69) is 10.2 Å². The zero-order valence-corrected chi connectivity index (χ0v) is 17.8. The molecule has 0 atom stereocenters. The molecule has 3 rings (SSSR count). The van der Waals surface area contributed by atoms with E-state index in [-0.39, 0.29) is 11.9 Å². The SMILES string of the molecule is CCOC(=O)CCc1cccc(-c2nnc(-c3cccc(CCC(=O)OCC)c3)o2)c1. The largest absolute Gasteiger partial charge is 0.466 e. The van der Waals surface area contributed by atoms with E-state index in [9.17, 15) is 9.59 Å². The van der Waals surface area contributed by atoms with Crippen molar-refractivity contribution in [3.63, 3.8) is 0 Å². The highest BCUT2D eigenvalue weighted by Crippen LogP contribution is 2.25. The Balaban J connectivity index is 1.69. The van der Waals surface area contributed by atoms with Crippen LogP contribution in [0.15, 0.2) is 52.9 Å². The number of carbonyl (C=O) groups excluding carboxylic acids is 2. The first-order valence-electron chi connectivity index (χ1n) is 10.4. The van der Waals surface area contributed by atoms with Gasteiger partial charge in [-0.25, -0.2) is 0 Å². The van der Waals surface area contributed by atoms with Crippen molar-refractivity contribution >= 4 is 11.9 Å². The van der Waals surface area contributed by atoms with E-state index in [0.29, 0.717) is 50.7 Å². The molecular weight excluding hydrogens is 396 g/mol. The quantitative estimate of drug-likeness (QED) is 0.447. The van der Waals surface area contributed by atoms with Crippen LogP contribution in [0.25, 0.3) is 22.9 Å². The van der Waals surface area contributed by atoms with Gasteiger partial charge in [0, 0.05) is 24.0 Å². The smallest absolute Gasteiger partial charge is 0.306 e. The summed E-state index contributed by atoms with van der Waals surface area (Å²) >= 11 is 0. The molecule has 0 unspecified atom stereocenters. The van der Waals surface area contributed by atoms with Crippen LogP contribution in [-0.2, 0) is 31.9 Å². The minimum Gasteiger partial charge on any atom is -0.466 e. The second-order valence-electron chi connectivity index (χ2n) is 6.92. The first-order chi connectivity index (χ1) is 15.1. The molecule has 0 spiro atoms. The molecule has 2 aromatic carbocycles. The Kier molecular flexibility index (Phi) is 7.92. The van der Waals surface area contributed by atoms with Gasteiger partial charge in [-0.05, 0) is 62.1 Å². The summed E-state index contributed by atoms with van der Waals surface area (Å²) < 4.78 is 15.8. The van der Waals surface area contributed by atoms with Crippen molar-refractivity contribution < 1.29 is 23.5 Å². The number of rotatable bonds is 10. The summed E-state index contributed by atoms with van der Waals surface area (Å²) in [5.41, 5.74) is 3.56. The third-order valence-corrected chi connectivity index (χ3v) is 4.62. The lowest BCUT2D eigenvalue weighted by Gasteiger charge is -2.04. The normalized spacial score (nSPS) is 10.6. The molecule has 0 aliphatic heterocycles. The van der Waals surface area contributed by atoms with Gasteiger partial charge in [0.2, 0.25) is 11.8 Å². The maximum absolute atomic E-state index is 11.6. The number of hydrogen-bond donors (Lipinski definition) is 0. The third kappa shape index (κ3) is 6.50. The van der Waals surface area contributed by atoms with Crippen LogP contribution in [0.5, 0.6) is 0 Å². The highest BCUT2D eigenvalue weighted by molar-refractivity contribution is 5.70. The van der Waals surface area contributed by atoms with Crippen molar-refractivity contribution in [2.75, 3.05) is 13.2 Å². The monoisotopic (exact) mass is 422 g/mol. The van der Waals surface area contributed by atoms with Crippen LogP contribution in [0.4, 0.5) is 0 Å². The average molecular weight is 422 g/mol. The van der Waals surface area contributed by atoms with Gasteiger partial charge in [0.15, 0.2) is 0 Å². The van der Waals surface area contributed by atoms with Gasteiger partial charge in [0.05, 0.1) is 13.2 Å². The Bertz CT molecular complexity index is 948. The molecule has 7 nitrogen and oxygen atoms in total. The van der Waals surface area contributed by atoms with E-state index in [1.807, 2.05) is 48.5 Å². The molecule has 0 saturated heterocycles. The second kappa shape index (κ2) is 11.1. The molecule has 0 bridgehead atoms. The van der Waals surface area contributed by atoms with E-state index in [4.69, 9.17) is 13.9 Å². The molecule has 0 aliphatic rings. The highest BCUT2D eigenvalue weighted by atomic mass is 16.5. The van der Waals surface area contributed by atoms with Crippen LogP contribution in [0.3, 0.4) is 0 Å². The lowest BCUT2D eigenvalue weighted by molar-refractivity contribution is -0.144. The fraction of sp³-hybridized carbons (Fsp3) is 0.333. The summed E-state index contributed by atoms with van der Waals surface area (Å²) in [6, 6.07) is 15.4. The van der Waals surface area contributed by atoms with Gasteiger partial charge in [0.25, 0.3) is 0 Å². The standard InChI is InChI=1S/C24H26N2O5/c1-3-29-21(27)13-11-17-7-5-9-19(15-17)23-25-26-24(31-23)20-10-6-8-18(16-20)12-14-22(28)30-4-2/h5-10,15-16H,3-4,11-14H2,1-2H3. The number of aryl methyl sites for hydroxylation is 2. The Morgan fingerprint density at radius 3 is 1.65 bits per heavy atom. The van der Waals surface area contributed by atoms with Gasteiger partial charge in [-0.2, -0.15) is 0 Å². The van der Waals surface area contributed by atoms with Crippen LogP contribution >= 0.6 is 0 Å². The van der Waals surface area contributed by atoms with Gasteiger partial charge >= 0.3 is 11.9 Å². The van der Waals surface area contributed by atoms with Crippen molar-refractivity contribution in [1.29, 1.82) is 0 Å². The van der Waals surface area contributed by atoms with Crippen LogP contribution in [0.1, 0.15) is 37.8 Å². The van der Waals surface area contributed by atoms with E-state index in [1.54, 1.807) is 13.8 Å². The predicted octanol–water partition coefficient (Wildman–Crippen LogP) is 4.40. The lowest BCUT2D eigenvalue weighted by Crippen LogP contribution is -2.05. The fourth-order valence-corrected chi connectivity index (χ4v) is 3.14. The Morgan fingerprint density at radius 2 is 1.23 bits per heavy atom. The van der Waals surface area contributed by atoms with E-state index < -0.39 is 0 Å². The van der Waals surface area contributed by atoms with Crippen molar-refractivity contribution in [1.82, 2.24) is 10.2 Å². The molecule has 0 aliphatic carbocycles. The van der Waals surface area contributed by atoms with Crippen LogP contribution in [0.2, 0.25) is 0 Å². The summed E-state index contributed by atoms with van der Waals surface area (Å²) in [6.07, 6.45) is 1.81. The second-order valence-corrected chi connectivity index (χ2v) is 6.92. The van der Waals surface area contributed by atoms with Crippen molar-refractivity contribution in [3.8, 4) is 22.9 Å². The molecule has 1 aromatic heterocycles. The Hall–Kier alpha value is -3.48. The van der Waals surface area contributed by atoms with Crippen LogP contribution in [0, 0.1) is 0 Å². The van der Waals surface area contributed by atoms with Crippen molar-refractivity contribution in [2.45, 2.75) is 39.5 Å². The first kappa shape index (κ1) is 22.2. The van der Waals surface area contributed by atoms with Gasteiger partial charge < -0.3 is 13.9 Å². The minimum atomic E-state index is -0.212. The molecule has 0 saturated carbocycles. The number of nitrogens with zero attached hydrogens (tertiary/aromatic N) is 2. The van der Waals surface area contributed by atoms with Crippen molar-refractivity contribution in [2.24, 2.45) is 0 Å². The molecule has 0 N–H and O–H groups in total. The minimum absolute atomic E-state index is 0.212. The average Bonchev–Trinajstić information content (AvgIpc) is 3.28. The molecule has 3 aromatic rings. The topological polar surface area (TPSA) is 91.5 Å². The predicted molar refractivity (Wildman–Crippen MR) is 115 cm³/mol. The van der Waals surface area contributed by atoms with E-state index in [1.165, 1.54) is 0 Å². The third-order valence-electron chi connectivity index (χ3n) is 4.62. The molecule has 0 fully saturated rings. The number of aromatic nitrogens is 2. The maximum Gasteiger partial charge on any atom is 0.306 e. The molecular formula is C24H26N2O5. The van der Waals surface area contributed by atoms with E-state index >= 15 is 0 Å². The van der Waals surface area contributed by atoms with Gasteiger partial charge in [-0.1, -0.05) is 24.3 Å². The molecule has 1 heterocycles. The molecule has 31 heavy (non-hydrogen) atoms. The Morgan fingerprint density at radius 1 is 0.774 bits per heavy atom. The van der Waals surface area contributed by atoms with Gasteiger partial charge in [-0.3, -0.25) is 9.59 Å². The lowest BCUT2D eigenvalue weighted by atomic mass is 10.1. The summed E-state index contributed by atoms with van der Waals surface area (Å²) in [5, 5.41) is 8.35. The van der Waals surface area contributed by atoms with Crippen LogP contribution in [-0.4, -0.2) is 35.3 Å². The van der Waals surface area contributed by atoms with Crippen molar-refractivity contribution in [3.05, 3.63) is 59.7 Å². The molecule has 7 heteroatoms. The highest BCUT2D eigenvalue weighted by Gasteiger charge is 2.12. The van der Waals surface area contributed by atoms with Crippen LogP contribution < -0.4 is 0 Å².